The first-order valence-corrected chi connectivity index (χ1v) is 8.42. The predicted octanol–water partition coefficient (Wildman–Crippen LogP) is 3.56. The van der Waals surface area contributed by atoms with Crippen molar-refractivity contribution in [1.29, 1.82) is 0 Å². The highest BCUT2D eigenvalue weighted by molar-refractivity contribution is 7.15. The summed E-state index contributed by atoms with van der Waals surface area (Å²) in [6.45, 7) is 8.67. The Labute approximate surface area is 140 Å². The van der Waals surface area contributed by atoms with Gasteiger partial charge in [-0.1, -0.05) is 0 Å². The molecule has 1 heterocycles. The molecule has 2 rings (SSSR count). The van der Waals surface area contributed by atoms with E-state index in [-0.39, 0.29) is 11.8 Å². The van der Waals surface area contributed by atoms with Crippen LogP contribution in [0.1, 0.15) is 36.1 Å². The second-order valence-electron chi connectivity index (χ2n) is 5.16. The van der Waals surface area contributed by atoms with Crippen LogP contribution in [0.15, 0.2) is 24.3 Å². The van der Waals surface area contributed by atoms with Gasteiger partial charge in [-0.15, -0.1) is 11.3 Å². The number of anilines is 1. The second-order valence-corrected chi connectivity index (χ2v) is 6.36. The molecule has 1 aromatic heterocycles. The number of hydrogen-bond donors (Lipinski definition) is 1. The molecular formula is C17H21N3O2S. The first-order valence-electron chi connectivity index (χ1n) is 7.61. The maximum atomic E-state index is 12.5. The van der Waals surface area contributed by atoms with Crippen LogP contribution in [0.3, 0.4) is 0 Å². The van der Waals surface area contributed by atoms with Crippen molar-refractivity contribution in [3.05, 3.63) is 34.8 Å². The molecule has 0 bridgehead atoms. The summed E-state index contributed by atoms with van der Waals surface area (Å²) < 4.78 is 0. The summed E-state index contributed by atoms with van der Waals surface area (Å²) in [4.78, 5) is 30.7. The normalized spacial score (nSPS) is 10.4. The van der Waals surface area contributed by atoms with Gasteiger partial charge in [0.2, 0.25) is 5.91 Å². The Morgan fingerprint density at radius 3 is 2.30 bits per heavy atom. The molecule has 23 heavy (non-hydrogen) atoms. The quantitative estimate of drug-likeness (QED) is 0.911. The topological polar surface area (TPSA) is 62.3 Å². The van der Waals surface area contributed by atoms with Crippen LogP contribution in [0.5, 0.6) is 0 Å². The van der Waals surface area contributed by atoms with Crippen LogP contribution < -0.4 is 5.32 Å². The van der Waals surface area contributed by atoms with E-state index < -0.39 is 0 Å². The fourth-order valence-electron chi connectivity index (χ4n) is 2.28. The molecule has 0 radical (unpaired) electrons. The molecule has 1 aromatic carbocycles. The van der Waals surface area contributed by atoms with Crippen molar-refractivity contribution < 1.29 is 9.59 Å². The number of rotatable bonds is 5. The van der Waals surface area contributed by atoms with Crippen molar-refractivity contribution >= 4 is 28.8 Å². The molecule has 0 spiro atoms. The van der Waals surface area contributed by atoms with Crippen LogP contribution in [-0.4, -0.2) is 34.8 Å². The average molecular weight is 331 g/mol. The highest BCUT2D eigenvalue weighted by atomic mass is 32.1. The van der Waals surface area contributed by atoms with Gasteiger partial charge < -0.3 is 10.2 Å². The van der Waals surface area contributed by atoms with E-state index in [0.29, 0.717) is 18.8 Å². The van der Waals surface area contributed by atoms with E-state index in [4.69, 9.17) is 0 Å². The first kappa shape index (κ1) is 17.1. The van der Waals surface area contributed by atoms with Gasteiger partial charge in [0.15, 0.2) is 0 Å². The highest BCUT2D eigenvalue weighted by Crippen LogP contribution is 2.29. The molecule has 0 aliphatic carbocycles. The Hall–Kier alpha value is -2.21. The minimum Gasteiger partial charge on any atom is -0.338 e. The summed E-state index contributed by atoms with van der Waals surface area (Å²) in [5.41, 5.74) is 2.21. The number of carbonyl (C=O) groups is 2. The van der Waals surface area contributed by atoms with E-state index >= 15 is 0 Å². The van der Waals surface area contributed by atoms with Gasteiger partial charge in [0, 0.05) is 36.1 Å². The van der Waals surface area contributed by atoms with Crippen molar-refractivity contribution in [2.75, 3.05) is 18.4 Å². The zero-order valence-electron chi connectivity index (χ0n) is 13.8. The molecule has 0 saturated heterocycles. The lowest BCUT2D eigenvalue weighted by Gasteiger charge is -2.17. The van der Waals surface area contributed by atoms with E-state index in [1.807, 2.05) is 45.0 Å². The van der Waals surface area contributed by atoms with Crippen molar-refractivity contribution in [1.82, 2.24) is 9.88 Å². The van der Waals surface area contributed by atoms with E-state index in [0.717, 1.165) is 21.1 Å². The molecule has 0 saturated carbocycles. The third-order valence-electron chi connectivity index (χ3n) is 3.50. The lowest BCUT2D eigenvalue weighted by molar-refractivity contribution is -0.114. The summed E-state index contributed by atoms with van der Waals surface area (Å²) in [6.07, 6.45) is 0. The largest absolute Gasteiger partial charge is 0.338 e. The number of carbonyl (C=O) groups excluding carboxylic acids is 2. The molecule has 1 N–H and O–H groups in total. The van der Waals surface area contributed by atoms with Gasteiger partial charge in [-0.25, -0.2) is 4.98 Å². The summed E-state index contributed by atoms with van der Waals surface area (Å²) in [7, 11) is 0. The molecule has 0 fully saturated rings. The molecule has 0 unspecified atom stereocenters. The smallest absolute Gasteiger partial charge is 0.273 e. The third kappa shape index (κ3) is 3.96. The number of amides is 2. The Morgan fingerprint density at radius 2 is 1.78 bits per heavy atom. The Bertz CT molecular complexity index is 703. The van der Waals surface area contributed by atoms with Crippen molar-refractivity contribution in [3.8, 4) is 10.6 Å². The zero-order chi connectivity index (χ0) is 17.0. The fraction of sp³-hybridized carbons (Fsp3) is 0.353. The molecule has 122 valence electrons. The molecular weight excluding hydrogens is 310 g/mol. The van der Waals surface area contributed by atoms with E-state index in [2.05, 4.69) is 10.3 Å². The number of hydrogen-bond acceptors (Lipinski definition) is 4. The maximum absolute atomic E-state index is 12.5. The summed E-state index contributed by atoms with van der Waals surface area (Å²) >= 11 is 1.51. The van der Waals surface area contributed by atoms with Gasteiger partial charge in [-0.2, -0.15) is 0 Å². The summed E-state index contributed by atoms with van der Waals surface area (Å²) in [5.74, 6) is -0.125. The Morgan fingerprint density at radius 1 is 1.17 bits per heavy atom. The minimum atomic E-state index is -0.102. The standard InChI is InChI=1S/C17H21N3O2S/c1-5-20(6-2)17(22)15-11(3)23-16(19-15)13-7-9-14(10-8-13)18-12(4)21/h7-10H,5-6H2,1-4H3,(H,18,21). The molecule has 2 amide bonds. The molecule has 6 heteroatoms. The maximum Gasteiger partial charge on any atom is 0.273 e. The lowest BCUT2D eigenvalue weighted by Crippen LogP contribution is -2.31. The van der Waals surface area contributed by atoms with Gasteiger partial charge >= 0.3 is 0 Å². The first-order chi connectivity index (χ1) is 11.0. The van der Waals surface area contributed by atoms with Crippen LogP contribution >= 0.6 is 11.3 Å². The summed E-state index contributed by atoms with van der Waals surface area (Å²) in [5, 5.41) is 3.54. The number of benzene rings is 1. The number of aryl methyl sites for hydroxylation is 1. The van der Waals surface area contributed by atoms with Crippen LogP contribution in [0.2, 0.25) is 0 Å². The zero-order valence-corrected chi connectivity index (χ0v) is 14.7. The monoisotopic (exact) mass is 331 g/mol. The van der Waals surface area contributed by atoms with Gasteiger partial charge in [-0.05, 0) is 45.0 Å². The SMILES string of the molecule is CCN(CC)C(=O)c1nc(-c2ccc(NC(C)=O)cc2)sc1C. The van der Waals surface area contributed by atoms with Crippen LogP contribution in [0.4, 0.5) is 5.69 Å². The van der Waals surface area contributed by atoms with Crippen LogP contribution in [-0.2, 0) is 4.79 Å². The average Bonchev–Trinajstić information content (AvgIpc) is 2.90. The number of thiazole rings is 1. The Balaban J connectivity index is 2.26. The Kier molecular flexibility index (Phi) is 5.50. The molecule has 0 atom stereocenters. The van der Waals surface area contributed by atoms with Crippen molar-refractivity contribution in [3.63, 3.8) is 0 Å². The van der Waals surface area contributed by atoms with Gasteiger partial charge in [0.25, 0.3) is 5.91 Å². The van der Waals surface area contributed by atoms with Crippen molar-refractivity contribution in [2.24, 2.45) is 0 Å². The molecule has 2 aromatic rings. The third-order valence-corrected chi connectivity index (χ3v) is 4.52. The number of aromatic nitrogens is 1. The lowest BCUT2D eigenvalue weighted by atomic mass is 10.2. The van der Waals surface area contributed by atoms with E-state index in [9.17, 15) is 9.59 Å². The van der Waals surface area contributed by atoms with Gasteiger partial charge in [0.05, 0.1) is 0 Å². The predicted molar refractivity (Wildman–Crippen MR) is 93.8 cm³/mol. The highest BCUT2D eigenvalue weighted by Gasteiger charge is 2.20. The minimum absolute atomic E-state index is 0.0233. The molecule has 0 aliphatic heterocycles. The van der Waals surface area contributed by atoms with Crippen LogP contribution in [0.25, 0.3) is 10.6 Å². The van der Waals surface area contributed by atoms with Crippen molar-refractivity contribution in [2.45, 2.75) is 27.7 Å². The van der Waals surface area contributed by atoms with Gasteiger partial charge in [0.1, 0.15) is 10.7 Å². The molecule has 0 aliphatic rings. The van der Waals surface area contributed by atoms with E-state index in [1.165, 1.54) is 18.3 Å². The van der Waals surface area contributed by atoms with Gasteiger partial charge in [-0.3, -0.25) is 9.59 Å². The van der Waals surface area contributed by atoms with E-state index in [1.54, 1.807) is 4.90 Å². The molecule has 5 nitrogen and oxygen atoms in total. The summed E-state index contributed by atoms with van der Waals surface area (Å²) in [6, 6.07) is 7.46. The van der Waals surface area contributed by atoms with Crippen LogP contribution in [0, 0.1) is 6.92 Å². The number of nitrogens with one attached hydrogen (secondary N) is 1. The fourth-order valence-corrected chi connectivity index (χ4v) is 3.19. The second kappa shape index (κ2) is 7.37. The number of nitrogens with zero attached hydrogens (tertiary/aromatic N) is 2.